The van der Waals surface area contributed by atoms with Crippen LogP contribution in [-0.2, 0) is 14.8 Å². The van der Waals surface area contributed by atoms with Crippen LogP contribution in [0.3, 0.4) is 0 Å². The summed E-state index contributed by atoms with van der Waals surface area (Å²) >= 11 is 0. The van der Waals surface area contributed by atoms with E-state index < -0.39 is 15.3 Å². The molecule has 0 saturated carbocycles. The molecule has 0 spiro atoms. The minimum atomic E-state index is -3.52. The third kappa shape index (κ3) is 4.88. The number of hydrogen-bond acceptors (Lipinski definition) is 7. The molecule has 2 saturated heterocycles. The number of nitrogens with zero attached hydrogens (tertiary/aromatic N) is 5. The molecule has 0 radical (unpaired) electrons. The number of anilines is 1. The van der Waals surface area contributed by atoms with Crippen LogP contribution in [0.4, 0.5) is 5.95 Å². The molecule has 10 heteroatoms. The van der Waals surface area contributed by atoms with E-state index >= 15 is 0 Å². The van der Waals surface area contributed by atoms with Crippen LogP contribution in [0.25, 0.3) is 0 Å². The Morgan fingerprint density at radius 3 is 2.26 bits per heavy atom. The molecule has 1 amide bonds. The quantitative estimate of drug-likeness (QED) is 0.465. The second-order valence-electron chi connectivity index (χ2n) is 8.65. The van der Waals surface area contributed by atoms with Gasteiger partial charge in [-0.2, -0.15) is 0 Å². The third-order valence-electron chi connectivity index (χ3n) is 6.76. The number of allylic oxidation sites excluding steroid dienone is 2. The number of amides is 1. The Kier molecular flexibility index (Phi) is 7.59. The normalized spacial score (nSPS) is 26.1. The van der Waals surface area contributed by atoms with E-state index in [1.54, 1.807) is 12.4 Å². The van der Waals surface area contributed by atoms with Crippen molar-refractivity contribution >= 4 is 34.3 Å². The van der Waals surface area contributed by atoms with Gasteiger partial charge in [-0.3, -0.25) is 9.69 Å². The first-order valence-electron chi connectivity index (χ1n) is 10.8. The number of sulfonamides is 1. The van der Waals surface area contributed by atoms with E-state index in [0.717, 1.165) is 50.7 Å². The number of carbonyl (C=O) groups is 1. The molecule has 2 aliphatic heterocycles. The van der Waals surface area contributed by atoms with Crippen LogP contribution in [0.15, 0.2) is 29.6 Å². The molecule has 4 rings (SSSR count). The Balaban J connectivity index is 0.00000272. The summed E-state index contributed by atoms with van der Waals surface area (Å²) < 4.78 is 27.0. The number of piperazine rings is 1. The van der Waals surface area contributed by atoms with E-state index in [0.29, 0.717) is 25.8 Å². The third-order valence-corrected chi connectivity index (χ3v) is 8.99. The van der Waals surface area contributed by atoms with Crippen LogP contribution in [-0.4, -0.2) is 78.0 Å². The van der Waals surface area contributed by atoms with Crippen molar-refractivity contribution in [3.05, 3.63) is 29.6 Å². The fraction of sp³-hybridized carbons (Fsp3) is 0.667. The minimum absolute atomic E-state index is 0. The first-order chi connectivity index (χ1) is 14.4. The Bertz CT molecular complexity index is 916. The van der Waals surface area contributed by atoms with Crippen LogP contribution < -0.4 is 4.90 Å². The standard InChI is InChI=1S/C21H31N5O3S.ClH/c1-16-14-18-19(15-17(16)2)30(28,29)26(20(18)27)9-4-3-8-24-10-12-25(13-11-24)21-22-6-5-7-23-21;/h5-7,18-19H,3-4,8-15H2,1-2H3;1H. The number of unbranched alkanes of at least 4 members (excludes halogenated alkanes) is 1. The summed E-state index contributed by atoms with van der Waals surface area (Å²) in [5.41, 5.74) is 2.29. The van der Waals surface area contributed by atoms with E-state index in [1.165, 1.54) is 9.88 Å². The fourth-order valence-electron chi connectivity index (χ4n) is 4.74. The Hall–Kier alpha value is -1.71. The number of aromatic nitrogens is 2. The number of carbonyl (C=O) groups excluding carboxylic acids is 1. The molecule has 31 heavy (non-hydrogen) atoms. The van der Waals surface area contributed by atoms with Gasteiger partial charge in [-0.1, -0.05) is 11.1 Å². The summed E-state index contributed by atoms with van der Waals surface area (Å²) in [4.78, 5) is 26.0. The van der Waals surface area contributed by atoms with Gasteiger partial charge in [0, 0.05) is 45.1 Å². The Labute approximate surface area is 191 Å². The molecule has 1 aromatic rings. The zero-order valence-corrected chi connectivity index (χ0v) is 19.9. The molecule has 0 aromatic carbocycles. The molecular weight excluding hydrogens is 438 g/mol. The van der Waals surface area contributed by atoms with Crippen molar-refractivity contribution in [2.45, 2.75) is 44.8 Å². The van der Waals surface area contributed by atoms with E-state index in [-0.39, 0.29) is 24.2 Å². The van der Waals surface area contributed by atoms with E-state index in [1.807, 2.05) is 19.9 Å². The van der Waals surface area contributed by atoms with Crippen LogP contribution in [0, 0.1) is 5.92 Å². The largest absolute Gasteiger partial charge is 0.338 e. The van der Waals surface area contributed by atoms with E-state index in [4.69, 9.17) is 0 Å². The first kappa shape index (κ1) is 23.9. The summed E-state index contributed by atoms with van der Waals surface area (Å²) in [6.45, 7) is 8.87. The van der Waals surface area contributed by atoms with Gasteiger partial charge in [-0.15, -0.1) is 12.4 Å². The molecule has 8 nitrogen and oxygen atoms in total. The van der Waals surface area contributed by atoms with Gasteiger partial charge >= 0.3 is 0 Å². The van der Waals surface area contributed by atoms with Gasteiger partial charge in [-0.25, -0.2) is 22.7 Å². The maximum Gasteiger partial charge on any atom is 0.241 e. The molecule has 3 heterocycles. The van der Waals surface area contributed by atoms with Crippen LogP contribution in [0.5, 0.6) is 0 Å². The maximum atomic E-state index is 12.9. The van der Waals surface area contributed by atoms with Crippen molar-refractivity contribution in [1.82, 2.24) is 19.2 Å². The predicted molar refractivity (Wildman–Crippen MR) is 123 cm³/mol. The number of halogens is 1. The lowest BCUT2D eigenvalue weighted by Crippen LogP contribution is -2.47. The second-order valence-corrected chi connectivity index (χ2v) is 10.7. The van der Waals surface area contributed by atoms with Gasteiger partial charge in [0.15, 0.2) is 0 Å². The fourth-order valence-corrected chi connectivity index (χ4v) is 6.93. The van der Waals surface area contributed by atoms with Crippen LogP contribution in [0.1, 0.15) is 39.5 Å². The topological polar surface area (TPSA) is 86.7 Å². The molecule has 0 N–H and O–H groups in total. The summed E-state index contributed by atoms with van der Waals surface area (Å²) in [6, 6.07) is 1.82. The lowest BCUT2D eigenvalue weighted by molar-refractivity contribution is -0.129. The number of hydrogen-bond donors (Lipinski definition) is 0. The molecule has 172 valence electrons. The highest BCUT2D eigenvalue weighted by Gasteiger charge is 2.53. The SMILES string of the molecule is CC1=C(C)CC2C(C1)C(=O)N(CCCCN1CCN(c3ncccn3)CC1)S2(=O)=O.Cl. The molecule has 2 atom stereocenters. The summed E-state index contributed by atoms with van der Waals surface area (Å²) in [5.74, 6) is 0.201. The molecule has 2 fully saturated rings. The Morgan fingerprint density at radius 2 is 1.58 bits per heavy atom. The van der Waals surface area contributed by atoms with Crippen LogP contribution >= 0.6 is 12.4 Å². The molecule has 2 unspecified atom stereocenters. The number of fused-ring (bicyclic) bond motifs is 1. The van der Waals surface area contributed by atoms with Crippen molar-refractivity contribution in [3.63, 3.8) is 0 Å². The van der Waals surface area contributed by atoms with Crippen molar-refractivity contribution in [2.75, 3.05) is 44.2 Å². The van der Waals surface area contributed by atoms with Gasteiger partial charge in [0.2, 0.25) is 21.9 Å². The zero-order chi connectivity index (χ0) is 21.3. The molecule has 3 aliphatic rings. The molecule has 0 bridgehead atoms. The van der Waals surface area contributed by atoms with Crippen molar-refractivity contribution in [2.24, 2.45) is 5.92 Å². The van der Waals surface area contributed by atoms with E-state index in [9.17, 15) is 13.2 Å². The van der Waals surface area contributed by atoms with Gasteiger partial charge in [0.25, 0.3) is 0 Å². The summed E-state index contributed by atoms with van der Waals surface area (Å²) in [5, 5.41) is -0.554. The average molecular weight is 470 g/mol. The van der Waals surface area contributed by atoms with Gasteiger partial charge in [0.05, 0.1) is 11.2 Å². The predicted octanol–water partition coefficient (Wildman–Crippen LogP) is 2.09. The first-order valence-corrected chi connectivity index (χ1v) is 12.3. The summed E-state index contributed by atoms with van der Waals surface area (Å²) in [6.07, 6.45) is 6.19. The van der Waals surface area contributed by atoms with Crippen molar-refractivity contribution < 1.29 is 13.2 Å². The minimum Gasteiger partial charge on any atom is -0.338 e. The van der Waals surface area contributed by atoms with Gasteiger partial charge < -0.3 is 4.90 Å². The Morgan fingerprint density at radius 1 is 0.968 bits per heavy atom. The zero-order valence-electron chi connectivity index (χ0n) is 18.2. The monoisotopic (exact) mass is 469 g/mol. The maximum absolute atomic E-state index is 12.9. The second kappa shape index (κ2) is 9.83. The van der Waals surface area contributed by atoms with Crippen LogP contribution in [0.2, 0.25) is 0 Å². The highest BCUT2D eigenvalue weighted by Crippen LogP contribution is 2.41. The number of rotatable bonds is 6. The lowest BCUT2D eigenvalue weighted by Gasteiger charge is -2.34. The van der Waals surface area contributed by atoms with Gasteiger partial charge in [0.1, 0.15) is 0 Å². The van der Waals surface area contributed by atoms with Crippen molar-refractivity contribution in [1.29, 1.82) is 0 Å². The molecule has 1 aliphatic carbocycles. The van der Waals surface area contributed by atoms with E-state index in [2.05, 4.69) is 19.8 Å². The van der Waals surface area contributed by atoms with Gasteiger partial charge in [-0.05, 0) is 52.1 Å². The lowest BCUT2D eigenvalue weighted by atomic mass is 9.84. The highest BCUT2D eigenvalue weighted by atomic mass is 35.5. The molecular formula is C21H32ClN5O3S. The summed E-state index contributed by atoms with van der Waals surface area (Å²) in [7, 11) is -3.52. The smallest absolute Gasteiger partial charge is 0.241 e. The average Bonchev–Trinajstić information content (AvgIpc) is 2.92. The van der Waals surface area contributed by atoms with Crippen molar-refractivity contribution in [3.8, 4) is 0 Å². The molecule has 1 aromatic heterocycles. The highest BCUT2D eigenvalue weighted by molar-refractivity contribution is 7.90.